The van der Waals surface area contributed by atoms with E-state index in [0.29, 0.717) is 11.4 Å². The summed E-state index contributed by atoms with van der Waals surface area (Å²) < 4.78 is 1.76. The van der Waals surface area contributed by atoms with Gasteiger partial charge in [0, 0.05) is 10.2 Å². The Morgan fingerprint density at radius 2 is 2.00 bits per heavy atom. The smallest absolute Gasteiger partial charge is 0.345 e. The third-order valence-corrected chi connectivity index (χ3v) is 5.36. The summed E-state index contributed by atoms with van der Waals surface area (Å²) in [5, 5.41) is 13.2. The largest absolute Gasteiger partial charge is 0.493 e. The van der Waals surface area contributed by atoms with Gasteiger partial charge in [0.1, 0.15) is 5.56 Å². The molecule has 0 radical (unpaired) electrons. The van der Waals surface area contributed by atoms with Gasteiger partial charge in [-0.25, -0.2) is 19.1 Å². The molecule has 0 aliphatic carbocycles. The second-order valence-electron chi connectivity index (χ2n) is 6.46. The van der Waals surface area contributed by atoms with E-state index in [-0.39, 0.29) is 5.56 Å². The molecule has 0 saturated carbocycles. The van der Waals surface area contributed by atoms with Crippen molar-refractivity contribution < 1.29 is 9.90 Å². The van der Waals surface area contributed by atoms with Crippen LogP contribution in [0.4, 0.5) is 10.5 Å². The van der Waals surface area contributed by atoms with Crippen molar-refractivity contribution in [1.82, 2.24) is 9.55 Å². The summed E-state index contributed by atoms with van der Waals surface area (Å²) in [5.41, 5.74) is 0.746. The lowest BCUT2D eigenvalue weighted by Gasteiger charge is -2.11. The van der Waals surface area contributed by atoms with Gasteiger partial charge in [0.15, 0.2) is 0 Å². The number of hydrogen-bond acceptors (Lipinski definition) is 4. The molecule has 0 bridgehead atoms. The van der Waals surface area contributed by atoms with E-state index in [1.165, 1.54) is 0 Å². The first-order chi connectivity index (χ1) is 14.3. The number of halogens is 1. The summed E-state index contributed by atoms with van der Waals surface area (Å²) >= 11 is 3.37. The zero-order valence-electron chi connectivity index (χ0n) is 16.3. The van der Waals surface area contributed by atoms with Crippen LogP contribution in [0.3, 0.4) is 0 Å². The molecule has 3 N–H and O–H groups in total. The number of para-hydroxylation sites is 1. The van der Waals surface area contributed by atoms with Crippen LogP contribution in [0.25, 0.3) is 5.69 Å². The zero-order valence-corrected chi connectivity index (χ0v) is 17.9. The number of aromatic hydroxyl groups is 1. The molecule has 2 amide bonds. The Balaban J connectivity index is 1.96. The molecule has 0 saturated heterocycles. The molecule has 0 spiro atoms. The van der Waals surface area contributed by atoms with Gasteiger partial charge in [-0.05, 0) is 48.7 Å². The number of anilines is 1. The average Bonchev–Trinajstić information content (AvgIpc) is 2.70. The number of nitrogens with zero attached hydrogens (tertiary/aromatic N) is 2. The molecule has 0 aliphatic heterocycles. The SMILES string of the molecule is CCc1ccccc1NC(=O)N=Cc1c(O)n(-c2ccc(Br)c(C)c2)c(=O)[nH]c1=O. The van der Waals surface area contributed by atoms with Crippen LogP contribution in [0.5, 0.6) is 5.88 Å². The van der Waals surface area contributed by atoms with E-state index < -0.39 is 23.2 Å². The van der Waals surface area contributed by atoms with E-state index in [4.69, 9.17) is 0 Å². The van der Waals surface area contributed by atoms with Crippen molar-refractivity contribution in [3.05, 3.63) is 84.5 Å². The average molecular weight is 471 g/mol. The molecule has 0 unspecified atom stereocenters. The first-order valence-corrected chi connectivity index (χ1v) is 9.89. The number of nitrogens with one attached hydrogen (secondary N) is 2. The lowest BCUT2D eigenvalue weighted by Crippen LogP contribution is -2.31. The summed E-state index contributed by atoms with van der Waals surface area (Å²) in [6.45, 7) is 3.78. The van der Waals surface area contributed by atoms with Gasteiger partial charge in [-0.3, -0.25) is 9.78 Å². The minimum Gasteiger partial charge on any atom is -0.493 e. The Morgan fingerprint density at radius 3 is 2.70 bits per heavy atom. The van der Waals surface area contributed by atoms with E-state index in [0.717, 1.165) is 32.8 Å². The van der Waals surface area contributed by atoms with Crippen molar-refractivity contribution in [2.75, 3.05) is 5.32 Å². The van der Waals surface area contributed by atoms with Gasteiger partial charge in [0.05, 0.1) is 11.9 Å². The van der Waals surface area contributed by atoms with Crippen LogP contribution in [0.15, 0.2) is 61.5 Å². The van der Waals surface area contributed by atoms with E-state index in [1.54, 1.807) is 30.3 Å². The molecule has 0 fully saturated rings. The molecule has 30 heavy (non-hydrogen) atoms. The van der Waals surface area contributed by atoms with E-state index in [1.807, 2.05) is 26.0 Å². The predicted octanol–water partition coefficient (Wildman–Crippen LogP) is 3.52. The number of carbonyl (C=O) groups is 1. The van der Waals surface area contributed by atoms with Crippen LogP contribution in [0.1, 0.15) is 23.6 Å². The third-order valence-electron chi connectivity index (χ3n) is 4.47. The van der Waals surface area contributed by atoms with Crippen LogP contribution in [0, 0.1) is 6.92 Å². The van der Waals surface area contributed by atoms with Crippen molar-refractivity contribution in [2.24, 2.45) is 4.99 Å². The fourth-order valence-electron chi connectivity index (χ4n) is 2.88. The maximum Gasteiger partial charge on any atom is 0.345 e. The van der Waals surface area contributed by atoms with E-state index >= 15 is 0 Å². The number of aromatic nitrogens is 2. The summed E-state index contributed by atoms with van der Waals surface area (Å²) in [7, 11) is 0. The van der Waals surface area contributed by atoms with Gasteiger partial charge in [0.2, 0.25) is 5.88 Å². The maximum atomic E-state index is 12.3. The number of H-pyrrole nitrogens is 1. The number of aromatic amines is 1. The molecule has 8 nitrogen and oxygen atoms in total. The normalized spacial score (nSPS) is 11.0. The maximum absolute atomic E-state index is 12.3. The molecular formula is C21H19BrN4O4. The number of amides is 2. The van der Waals surface area contributed by atoms with Crippen molar-refractivity contribution >= 4 is 33.9 Å². The monoisotopic (exact) mass is 470 g/mol. The number of hydrogen-bond donors (Lipinski definition) is 3. The summed E-state index contributed by atoms with van der Waals surface area (Å²) in [4.78, 5) is 42.5. The molecule has 1 heterocycles. The lowest BCUT2D eigenvalue weighted by molar-refractivity contribution is 0.259. The Hall–Kier alpha value is -3.46. The van der Waals surface area contributed by atoms with Crippen LogP contribution in [0.2, 0.25) is 0 Å². The molecule has 2 aromatic carbocycles. The quantitative estimate of drug-likeness (QED) is 0.505. The Bertz CT molecular complexity index is 1260. The first-order valence-electron chi connectivity index (χ1n) is 9.09. The van der Waals surface area contributed by atoms with Crippen LogP contribution >= 0.6 is 15.9 Å². The minimum absolute atomic E-state index is 0.311. The third kappa shape index (κ3) is 4.41. The Kier molecular flexibility index (Phi) is 6.31. The molecule has 3 aromatic rings. The van der Waals surface area contributed by atoms with E-state index in [9.17, 15) is 19.5 Å². The number of aliphatic imine (C=N–C) groups is 1. The fourth-order valence-corrected chi connectivity index (χ4v) is 3.13. The van der Waals surface area contributed by atoms with Gasteiger partial charge in [-0.15, -0.1) is 0 Å². The topological polar surface area (TPSA) is 117 Å². The van der Waals surface area contributed by atoms with Gasteiger partial charge in [-0.2, -0.15) is 0 Å². The van der Waals surface area contributed by atoms with Crippen molar-refractivity contribution in [3.8, 4) is 11.6 Å². The van der Waals surface area contributed by atoms with Crippen LogP contribution in [-0.2, 0) is 6.42 Å². The standard InChI is InChI=1S/C21H19BrN4O4/c1-3-13-6-4-5-7-17(13)24-20(29)23-11-15-18(27)25-21(30)26(19(15)28)14-8-9-16(22)12(2)10-14/h4-11,28H,3H2,1-2H3,(H,24,29)(H,25,27,30). The highest BCUT2D eigenvalue weighted by Crippen LogP contribution is 2.22. The molecular weight excluding hydrogens is 452 g/mol. The summed E-state index contributed by atoms with van der Waals surface area (Å²) in [5.74, 6) is -0.615. The summed E-state index contributed by atoms with van der Waals surface area (Å²) in [6.07, 6.45) is 1.65. The van der Waals surface area contributed by atoms with Gasteiger partial charge < -0.3 is 10.4 Å². The second kappa shape index (κ2) is 8.91. The zero-order chi connectivity index (χ0) is 21.8. The van der Waals surface area contributed by atoms with Crippen molar-refractivity contribution in [3.63, 3.8) is 0 Å². The summed E-state index contributed by atoms with van der Waals surface area (Å²) in [6, 6.07) is 11.5. The van der Waals surface area contributed by atoms with Gasteiger partial charge >= 0.3 is 11.7 Å². The Labute approximate surface area is 180 Å². The van der Waals surface area contributed by atoms with Crippen molar-refractivity contribution in [2.45, 2.75) is 20.3 Å². The fraction of sp³-hybridized carbons (Fsp3) is 0.143. The first kappa shape index (κ1) is 21.3. The number of urea groups is 1. The van der Waals surface area contributed by atoms with Crippen LogP contribution < -0.4 is 16.6 Å². The number of carbonyl (C=O) groups excluding carboxylic acids is 1. The number of benzene rings is 2. The molecule has 9 heteroatoms. The highest BCUT2D eigenvalue weighted by molar-refractivity contribution is 9.10. The molecule has 0 aliphatic rings. The molecule has 0 atom stereocenters. The number of aryl methyl sites for hydroxylation is 2. The van der Waals surface area contributed by atoms with E-state index in [2.05, 4.69) is 31.2 Å². The highest BCUT2D eigenvalue weighted by atomic mass is 79.9. The number of rotatable bonds is 4. The van der Waals surface area contributed by atoms with Crippen molar-refractivity contribution in [1.29, 1.82) is 0 Å². The Morgan fingerprint density at radius 1 is 1.27 bits per heavy atom. The molecule has 3 rings (SSSR count). The minimum atomic E-state index is -0.854. The van der Waals surface area contributed by atoms with Crippen LogP contribution in [-0.4, -0.2) is 26.9 Å². The van der Waals surface area contributed by atoms with Gasteiger partial charge in [-0.1, -0.05) is 41.1 Å². The predicted molar refractivity (Wildman–Crippen MR) is 119 cm³/mol. The second-order valence-corrected chi connectivity index (χ2v) is 7.32. The molecule has 154 valence electrons. The van der Waals surface area contributed by atoms with Gasteiger partial charge in [0.25, 0.3) is 5.56 Å². The lowest BCUT2D eigenvalue weighted by atomic mass is 10.1. The highest BCUT2D eigenvalue weighted by Gasteiger charge is 2.15. The molecule has 1 aromatic heterocycles.